The van der Waals surface area contributed by atoms with Gasteiger partial charge in [-0.2, -0.15) is 5.10 Å². The highest BCUT2D eigenvalue weighted by molar-refractivity contribution is 5.85. The van der Waals surface area contributed by atoms with Crippen LogP contribution in [0.1, 0.15) is 38.8 Å². The van der Waals surface area contributed by atoms with Crippen LogP contribution in [0.3, 0.4) is 0 Å². The van der Waals surface area contributed by atoms with Gasteiger partial charge in [-0.15, -0.1) is 12.4 Å². The first kappa shape index (κ1) is 15.5. The van der Waals surface area contributed by atoms with Gasteiger partial charge in [0, 0.05) is 36.9 Å². The lowest BCUT2D eigenvalue weighted by molar-refractivity contribution is 0.158. The lowest BCUT2D eigenvalue weighted by Crippen LogP contribution is -2.45. The van der Waals surface area contributed by atoms with Crippen LogP contribution in [0, 0.1) is 5.92 Å². The van der Waals surface area contributed by atoms with Gasteiger partial charge in [0.05, 0.1) is 6.20 Å². The maximum Gasteiger partial charge on any atom is 0.0534 e. The highest BCUT2D eigenvalue weighted by Gasteiger charge is 2.23. The second kappa shape index (κ2) is 6.55. The van der Waals surface area contributed by atoms with Crippen molar-refractivity contribution in [1.29, 1.82) is 0 Å². The number of aromatic nitrogens is 2. The quantitative estimate of drug-likeness (QED) is 0.916. The summed E-state index contributed by atoms with van der Waals surface area (Å²) >= 11 is 0. The van der Waals surface area contributed by atoms with Gasteiger partial charge in [-0.05, 0) is 32.7 Å². The number of halogens is 1. The topological polar surface area (TPSA) is 47.1 Å². The molecule has 104 valence electrons. The zero-order chi connectivity index (χ0) is 12.4. The van der Waals surface area contributed by atoms with Crippen molar-refractivity contribution in [2.24, 2.45) is 11.7 Å². The molecule has 0 aliphatic carbocycles. The van der Waals surface area contributed by atoms with E-state index < -0.39 is 0 Å². The molecule has 2 rings (SSSR count). The molecule has 1 fully saturated rings. The predicted octanol–water partition coefficient (Wildman–Crippen LogP) is 2.05. The Morgan fingerprint density at radius 2 is 2.22 bits per heavy atom. The minimum atomic E-state index is 0. The van der Waals surface area contributed by atoms with Gasteiger partial charge in [0.1, 0.15) is 0 Å². The van der Waals surface area contributed by atoms with E-state index in [1.165, 1.54) is 5.56 Å². The second-order valence-electron chi connectivity index (χ2n) is 5.59. The molecule has 1 aliphatic heterocycles. The van der Waals surface area contributed by atoms with Crippen molar-refractivity contribution < 1.29 is 0 Å². The summed E-state index contributed by atoms with van der Waals surface area (Å²) in [4.78, 5) is 2.48. The SMILES string of the molecule is CC1CN(Cc2cnn(C(C)C)c2)CCC1N.Cl. The van der Waals surface area contributed by atoms with Crippen LogP contribution < -0.4 is 5.73 Å². The minimum Gasteiger partial charge on any atom is -0.327 e. The first-order valence-electron chi connectivity index (χ1n) is 6.57. The summed E-state index contributed by atoms with van der Waals surface area (Å²) in [6, 6.07) is 0.821. The fourth-order valence-electron chi connectivity index (χ4n) is 2.39. The molecule has 0 saturated carbocycles. The van der Waals surface area contributed by atoms with E-state index in [1.54, 1.807) is 0 Å². The molecule has 1 aliphatic rings. The average molecular weight is 273 g/mol. The Hall–Kier alpha value is -0.580. The van der Waals surface area contributed by atoms with Crippen LogP contribution in [0.5, 0.6) is 0 Å². The van der Waals surface area contributed by atoms with Gasteiger partial charge in [-0.25, -0.2) is 0 Å². The maximum absolute atomic E-state index is 6.03. The molecule has 2 heterocycles. The van der Waals surface area contributed by atoms with E-state index in [1.807, 2.05) is 10.9 Å². The Bertz CT molecular complexity index is 364. The number of hydrogen-bond acceptors (Lipinski definition) is 3. The van der Waals surface area contributed by atoms with Crippen LogP contribution in [-0.2, 0) is 6.54 Å². The maximum atomic E-state index is 6.03. The largest absolute Gasteiger partial charge is 0.327 e. The molecule has 0 radical (unpaired) electrons. The monoisotopic (exact) mass is 272 g/mol. The molecule has 4 nitrogen and oxygen atoms in total. The molecule has 0 spiro atoms. The summed E-state index contributed by atoms with van der Waals surface area (Å²) in [6.07, 6.45) is 5.25. The van der Waals surface area contributed by atoms with Gasteiger partial charge in [-0.1, -0.05) is 6.92 Å². The minimum absolute atomic E-state index is 0. The van der Waals surface area contributed by atoms with Crippen molar-refractivity contribution in [3.63, 3.8) is 0 Å². The number of nitrogens with zero attached hydrogens (tertiary/aromatic N) is 3. The standard InChI is InChI=1S/C13H24N4.ClH/c1-10(2)17-9-12(6-15-17)8-16-5-4-13(14)11(3)7-16;/h6,9-11,13H,4-5,7-8,14H2,1-3H3;1H. The van der Waals surface area contributed by atoms with Gasteiger partial charge < -0.3 is 5.73 Å². The van der Waals surface area contributed by atoms with Gasteiger partial charge in [0.15, 0.2) is 0 Å². The zero-order valence-electron chi connectivity index (χ0n) is 11.5. The van der Waals surface area contributed by atoms with Gasteiger partial charge in [0.2, 0.25) is 0 Å². The van der Waals surface area contributed by atoms with Gasteiger partial charge in [0.25, 0.3) is 0 Å². The van der Waals surface area contributed by atoms with E-state index >= 15 is 0 Å². The van der Waals surface area contributed by atoms with E-state index in [-0.39, 0.29) is 12.4 Å². The molecule has 1 aromatic rings. The summed E-state index contributed by atoms with van der Waals surface area (Å²) in [5, 5.41) is 4.38. The van der Waals surface area contributed by atoms with Crippen molar-refractivity contribution in [3.8, 4) is 0 Å². The number of nitrogens with two attached hydrogens (primary N) is 1. The fourth-order valence-corrected chi connectivity index (χ4v) is 2.39. The van der Waals surface area contributed by atoms with Crippen molar-refractivity contribution in [3.05, 3.63) is 18.0 Å². The third-order valence-corrected chi connectivity index (χ3v) is 3.65. The number of rotatable bonds is 3. The summed E-state index contributed by atoms with van der Waals surface area (Å²) in [6.45, 7) is 9.77. The third-order valence-electron chi connectivity index (χ3n) is 3.65. The lowest BCUT2D eigenvalue weighted by Gasteiger charge is -2.34. The van der Waals surface area contributed by atoms with Crippen molar-refractivity contribution in [1.82, 2.24) is 14.7 Å². The highest BCUT2D eigenvalue weighted by Crippen LogP contribution is 2.17. The normalized spacial score (nSPS) is 25.2. The van der Waals surface area contributed by atoms with E-state index in [0.29, 0.717) is 18.0 Å². The molecular formula is C13H25ClN4. The van der Waals surface area contributed by atoms with Crippen LogP contribution in [-0.4, -0.2) is 33.8 Å². The van der Waals surface area contributed by atoms with Crippen molar-refractivity contribution in [2.45, 2.75) is 45.8 Å². The number of hydrogen-bond donors (Lipinski definition) is 1. The highest BCUT2D eigenvalue weighted by atomic mass is 35.5. The zero-order valence-corrected chi connectivity index (χ0v) is 12.4. The smallest absolute Gasteiger partial charge is 0.0534 e. The summed E-state index contributed by atoms with van der Waals surface area (Å²) in [5.74, 6) is 0.601. The average Bonchev–Trinajstić information content (AvgIpc) is 2.72. The van der Waals surface area contributed by atoms with E-state index in [0.717, 1.165) is 26.1 Å². The van der Waals surface area contributed by atoms with Crippen molar-refractivity contribution >= 4 is 12.4 Å². The van der Waals surface area contributed by atoms with E-state index in [9.17, 15) is 0 Å². The summed E-state index contributed by atoms with van der Waals surface area (Å²) in [5.41, 5.74) is 7.34. The first-order chi connectivity index (χ1) is 8.06. The molecule has 0 aromatic carbocycles. The molecule has 5 heteroatoms. The van der Waals surface area contributed by atoms with E-state index in [4.69, 9.17) is 5.73 Å². The van der Waals surface area contributed by atoms with Crippen LogP contribution in [0.4, 0.5) is 0 Å². The Morgan fingerprint density at radius 1 is 1.50 bits per heavy atom. The molecule has 0 amide bonds. The molecule has 2 atom stereocenters. The summed E-state index contributed by atoms with van der Waals surface area (Å²) < 4.78 is 2.02. The van der Waals surface area contributed by atoms with Crippen molar-refractivity contribution in [2.75, 3.05) is 13.1 Å². The Kier molecular flexibility index (Phi) is 5.63. The Morgan fingerprint density at radius 3 is 2.78 bits per heavy atom. The van der Waals surface area contributed by atoms with E-state index in [2.05, 4.69) is 37.0 Å². The molecule has 1 aromatic heterocycles. The van der Waals surface area contributed by atoms with Gasteiger partial charge in [-0.3, -0.25) is 9.58 Å². The van der Waals surface area contributed by atoms with Crippen LogP contribution in [0.2, 0.25) is 0 Å². The lowest BCUT2D eigenvalue weighted by atomic mass is 9.95. The number of piperidine rings is 1. The van der Waals surface area contributed by atoms with Crippen LogP contribution in [0.15, 0.2) is 12.4 Å². The summed E-state index contributed by atoms with van der Waals surface area (Å²) in [7, 11) is 0. The van der Waals surface area contributed by atoms with Gasteiger partial charge >= 0.3 is 0 Å². The van der Waals surface area contributed by atoms with Crippen LogP contribution >= 0.6 is 12.4 Å². The number of likely N-dealkylation sites (tertiary alicyclic amines) is 1. The Labute approximate surface area is 116 Å². The third kappa shape index (κ3) is 3.70. The fraction of sp³-hybridized carbons (Fsp3) is 0.769. The molecule has 1 saturated heterocycles. The first-order valence-corrected chi connectivity index (χ1v) is 6.57. The second-order valence-corrected chi connectivity index (χ2v) is 5.59. The predicted molar refractivity (Wildman–Crippen MR) is 76.9 cm³/mol. The molecular weight excluding hydrogens is 248 g/mol. The molecule has 18 heavy (non-hydrogen) atoms. The Balaban J connectivity index is 0.00000162. The van der Waals surface area contributed by atoms with Crippen LogP contribution in [0.25, 0.3) is 0 Å². The molecule has 0 bridgehead atoms. The molecule has 2 unspecified atom stereocenters. The molecule has 2 N–H and O–H groups in total.